The first-order valence-corrected chi connectivity index (χ1v) is 10.6. The number of rotatable bonds is 8. The number of ether oxygens (including phenoxy) is 5. The number of methoxy groups -OCH3 is 5. The number of nitrogens with zero attached hydrogens (tertiary/aromatic N) is 1. The van der Waals surface area contributed by atoms with Crippen molar-refractivity contribution in [1.82, 2.24) is 4.57 Å². The molecule has 1 heterocycles. The molecule has 0 aliphatic carbocycles. The van der Waals surface area contributed by atoms with Crippen LogP contribution in [0.2, 0.25) is 0 Å². The quantitative estimate of drug-likeness (QED) is 0.377. The summed E-state index contributed by atoms with van der Waals surface area (Å²) in [6.07, 6.45) is 2.01. The van der Waals surface area contributed by atoms with E-state index in [1.54, 1.807) is 35.5 Å². The van der Waals surface area contributed by atoms with Gasteiger partial charge in [-0.1, -0.05) is 12.1 Å². The molecule has 7 nitrogen and oxygen atoms in total. The Morgan fingerprint density at radius 3 is 1.62 bits per heavy atom. The molecule has 7 heteroatoms. The SMILES string of the molecule is COc1ccc(-c2c(-c3cc(OC)c(OC)c(OC)c3)cn(-c3ccc(OC)cc3)c2N)cc1. The minimum absolute atomic E-state index is 0.530. The van der Waals surface area contributed by atoms with E-state index in [9.17, 15) is 0 Å². The summed E-state index contributed by atoms with van der Waals surface area (Å²) >= 11 is 0. The largest absolute Gasteiger partial charge is 0.497 e. The maximum Gasteiger partial charge on any atom is 0.203 e. The number of hydrogen-bond acceptors (Lipinski definition) is 6. The second-order valence-corrected chi connectivity index (χ2v) is 7.51. The summed E-state index contributed by atoms with van der Waals surface area (Å²) < 4.78 is 29.3. The molecule has 0 saturated heterocycles. The van der Waals surface area contributed by atoms with Crippen molar-refractivity contribution < 1.29 is 23.7 Å². The average molecular weight is 461 g/mol. The Morgan fingerprint density at radius 1 is 0.618 bits per heavy atom. The molecule has 0 unspecified atom stereocenters. The molecule has 34 heavy (non-hydrogen) atoms. The van der Waals surface area contributed by atoms with Crippen LogP contribution in [0.25, 0.3) is 27.9 Å². The van der Waals surface area contributed by atoms with Crippen LogP contribution in [0.3, 0.4) is 0 Å². The van der Waals surface area contributed by atoms with Crippen LogP contribution in [-0.2, 0) is 0 Å². The molecule has 0 saturated carbocycles. The molecule has 0 atom stereocenters. The Bertz CT molecular complexity index is 1250. The third-order valence-electron chi connectivity index (χ3n) is 5.75. The molecule has 0 radical (unpaired) electrons. The van der Waals surface area contributed by atoms with Gasteiger partial charge in [-0.05, 0) is 59.7 Å². The zero-order valence-corrected chi connectivity index (χ0v) is 19.9. The third kappa shape index (κ3) is 4.08. The molecule has 0 aliphatic heterocycles. The first kappa shape index (κ1) is 22.9. The van der Waals surface area contributed by atoms with Crippen LogP contribution in [0.1, 0.15) is 0 Å². The van der Waals surface area contributed by atoms with Gasteiger partial charge in [-0.3, -0.25) is 0 Å². The molecule has 2 N–H and O–H groups in total. The zero-order chi connectivity index (χ0) is 24.2. The fraction of sp³-hybridized carbons (Fsp3) is 0.185. The highest BCUT2D eigenvalue weighted by molar-refractivity contribution is 5.92. The highest BCUT2D eigenvalue weighted by atomic mass is 16.5. The van der Waals surface area contributed by atoms with Crippen molar-refractivity contribution in [2.45, 2.75) is 0 Å². The van der Waals surface area contributed by atoms with Gasteiger partial charge in [0.2, 0.25) is 5.75 Å². The van der Waals surface area contributed by atoms with Gasteiger partial charge in [0.05, 0.1) is 35.5 Å². The lowest BCUT2D eigenvalue weighted by atomic mass is 9.97. The maximum atomic E-state index is 6.76. The summed E-state index contributed by atoms with van der Waals surface area (Å²) in [4.78, 5) is 0. The summed E-state index contributed by atoms with van der Waals surface area (Å²) in [6.45, 7) is 0. The molecule has 0 spiro atoms. The van der Waals surface area contributed by atoms with Gasteiger partial charge in [0.15, 0.2) is 11.5 Å². The summed E-state index contributed by atoms with van der Waals surface area (Å²) in [6, 6.07) is 19.4. The van der Waals surface area contributed by atoms with E-state index in [0.29, 0.717) is 23.1 Å². The van der Waals surface area contributed by atoms with Crippen LogP contribution >= 0.6 is 0 Å². The Hall–Kier alpha value is -4.26. The monoisotopic (exact) mass is 460 g/mol. The fourth-order valence-electron chi connectivity index (χ4n) is 3.99. The summed E-state index contributed by atoms with van der Waals surface area (Å²) in [7, 11) is 8.07. The molecule has 0 aliphatic rings. The molecule has 0 amide bonds. The van der Waals surface area contributed by atoms with E-state index in [2.05, 4.69) is 0 Å². The topological polar surface area (TPSA) is 77.1 Å². The van der Waals surface area contributed by atoms with E-state index in [-0.39, 0.29) is 0 Å². The first-order valence-electron chi connectivity index (χ1n) is 10.6. The van der Waals surface area contributed by atoms with E-state index in [4.69, 9.17) is 29.4 Å². The number of hydrogen-bond donors (Lipinski definition) is 1. The predicted molar refractivity (Wildman–Crippen MR) is 134 cm³/mol. The van der Waals surface area contributed by atoms with Gasteiger partial charge in [0.25, 0.3) is 0 Å². The molecule has 4 aromatic rings. The Labute approximate surface area is 199 Å². The number of nitrogen functional groups attached to an aromatic ring is 1. The summed E-state index contributed by atoms with van der Waals surface area (Å²) in [5.41, 5.74) is 11.3. The van der Waals surface area contributed by atoms with Crippen molar-refractivity contribution in [3.8, 4) is 56.7 Å². The second kappa shape index (κ2) is 9.70. The minimum atomic E-state index is 0.530. The van der Waals surface area contributed by atoms with E-state index in [0.717, 1.165) is 39.4 Å². The van der Waals surface area contributed by atoms with E-state index in [1.807, 2.05) is 71.4 Å². The maximum absolute atomic E-state index is 6.76. The van der Waals surface area contributed by atoms with Crippen LogP contribution in [0.15, 0.2) is 66.9 Å². The van der Waals surface area contributed by atoms with Gasteiger partial charge >= 0.3 is 0 Å². The van der Waals surface area contributed by atoms with E-state index in [1.165, 1.54) is 0 Å². The first-order chi connectivity index (χ1) is 16.5. The van der Waals surface area contributed by atoms with Crippen molar-refractivity contribution in [3.63, 3.8) is 0 Å². The fourth-order valence-corrected chi connectivity index (χ4v) is 3.99. The molecular formula is C27H28N2O5. The van der Waals surface area contributed by atoms with Crippen molar-refractivity contribution in [2.24, 2.45) is 0 Å². The lowest BCUT2D eigenvalue weighted by Gasteiger charge is -2.15. The van der Waals surface area contributed by atoms with Crippen LogP contribution in [0, 0.1) is 0 Å². The smallest absolute Gasteiger partial charge is 0.203 e. The van der Waals surface area contributed by atoms with Gasteiger partial charge < -0.3 is 34.0 Å². The number of anilines is 1. The molecule has 0 fully saturated rings. The van der Waals surface area contributed by atoms with Crippen molar-refractivity contribution in [3.05, 3.63) is 66.9 Å². The zero-order valence-electron chi connectivity index (χ0n) is 19.9. The summed E-state index contributed by atoms with van der Waals surface area (Å²) in [5, 5.41) is 0. The second-order valence-electron chi connectivity index (χ2n) is 7.51. The normalized spacial score (nSPS) is 10.6. The lowest BCUT2D eigenvalue weighted by Crippen LogP contribution is -1.99. The van der Waals surface area contributed by atoms with Crippen molar-refractivity contribution >= 4 is 5.82 Å². The van der Waals surface area contributed by atoms with Crippen molar-refractivity contribution in [2.75, 3.05) is 41.3 Å². The Balaban J connectivity index is 1.97. The van der Waals surface area contributed by atoms with Gasteiger partial charge in [-0.15, -0.1) is 0 Å². The van der Waals surface area contributed by atoms with Gasteiger partial charge in [-0.2, -0.15) is 0 Å². The predicted octanol–water partition coefficient (Wildman–Crippen LogP) is 5.44. The average Bonchev–Trinajstić information content (AvgIpc) is 3.24. The highest BCUT2D eigenvalue weighted by Gasteiger charge is 2.21. The third-order valence-corrected chi connectivity index (χ3v) is 5.75. The number of benzene rings is 3. The van der Waals surface area contributed by atoms with Crippen LogP contribution < -0.4 is 29.4 Å². The Kier molecular flexibility index (Phi) is 6.54. The van der Waals surface area contributed by atoms with E-state index < -0.39 is 0 Å². The standard InChI is InChI=1S/C27H28N2O5/c1-30-20-10-6-17(7-11-20)25-22(18-14-23(32-3)26(34-5)24(15-18)33-4)16-29(27(25)28)19-8-12-21(31-2)13-9-19/h6-16H,28H2,1-5H3. The molecule has 1 aromatic heterocycles. The van der Waals surface area contributed by atoms with Crippen LogP contribution in [-0.4, -0.2) is 40.1 Å². The number of nitrogens with two attached hydrogens (primary N) is 1. The van der Waals surface area contributed by atoms with Crippen LogP contribution in [0.5, 0.6) is 28.7 Å². The number of aromatic nitrogens is 1. The molecular weight excluding hydrogens is 432 g/mol. The molecule has 0 bridgehead atoms. The van der Waals surface area contributed by atoms with Crippen LogP contribution in [0.4, 0.5) is 5.82 Å². The van der Waals surface area contributed by atoms with Crippen molar-refractivity contribution in [1.29, 1.82) is 0 Å². The van der Waals surface area contributed by atoms with Gasteiger partial charge in [0, 0.05) is 23.0 Å². The molecule has 4 rings (SSSR count). The lowest BCUT2D eigenvalue weighted by molar-refractivity contribution is 0.324. The summed E-state index contributed by atoms with van der Waals surface area (Å²) in [5.74, 6) is 3.80. The van der Waals surface area contributed by atoms with Gasteiger partial charge in [-0.25, -0.2) is 0 Å². The Morgan fingerprint density at radius 2 is 1.15 bits per heavy atom. The van der Waals surface area contributed by atoms with E-state index >= 15 is 0 Å². The van der Waals surface area contributed by atoms with Gasteiger partial charge in [0.1, 0.15) is 17.3 Å². The minimum Gasteiger partial charge on any atom is -0.497 e. The highest BCUT2D eigenvalue weighted by Crippen LogP contribution is 2.46. The molecule has 176 valence electrons. The molecule has 3 aromatic carbocycles.